The minimum absolute atomic E-state index is 0.0353. The van der Waals surface area contributed by atoms with Crippen LogP contribution in [0.2, 0.25) is 0 Å². The van der Waals surface area contributed by atoms with Crippen LogP contribution >= 0.6 is 11.3 Å². The summed E-state index contributed by atoms with van der Waals surface area (Å²) >= 11 is 1.79. The van der Waals surface area contributed by atoms with Gasteiger partial charge in [0, 0.05) is 17.6 Å². The van der Waals surface area contributed by atoms with Crippen LogP contribution in [0.1, 0.15) is 29.7 Å². The quantitative estimate of drug-likeness (QED) is 0.801. The zero-order chi connectivity index (χ0) is 10.7. The number of aromatic nitrogens is 1. The normalized spacial score (nSPS) is 25.2. The van der Waals surface area contributed by atoms with Gasteiger partial charge in [-0.05, 0) is 31.7 Å². The van der Waals surface area contributed by atoms with Gasteiger partial charge in [-0.25, -0.2) is 4.98 Å². The van der Waals surface area contributed by atoms with Crippen LogP contribution in [0.4, 0.5) is 0 Å². The van der Waals surface area contributed by atoms with E-state index in [9.17, 15) is 0 Å². The van der Waals surface area contributed by atoms with Crippen LogP contribution in [0.15, 0.2) is 6.20 Å². The topological polar surface area (TPSA) is 45.2 Å². The lowest BCUT2D eigenvalue weighted by atomic mass is 9.82. The summed E-state index contributed by atoms with van der Waals surface area (Å²) in [6.07, 6.45) is 4.89. The lowest BCUT2D eigenvalue weighted by Gasteiger charge is -2.31. The highest BCUT2D eigenvalue weighted by Crippen LogP contribution is 2.26. The van der Waals surface area contributed by atoms with Crippen LogP contribution in [0.3, 0.4) is 0 Å². The Kier molecular flexibility index (Phi) is 3.72. The fourth-order valence-electron chi connectivity index (χ4n) is 1.86. The highest BCUT2D eigenvalue weighted by Gasteiger charge is 2.26. The van der Waals surface area contributed by atoms with Gasteiger partial charge in [-0.1, -0.05) is 6.92 Å². The molecular formula is C11H18N2OS. The summed E-state index contributed by atoms with van der Waals surface area (Å²) in [7, 11) is 0. The van der Waals surface area contributed by atoms with Gasteiger partial charge < -0.3 is 10.4 Å². The van der Waals surface area contributed by atoms with Gasteiger partial charge in [-0.2, -0.15) is 0 Å². The van der Waals surface area contributed by atoms with Gasteiger partial charge >= 0.3 is 0 Å². The largest absolute Gasteiger partial charge is 0.393 e. The van der Waals surface area contributed by atoms with Crippen molar-refractivity contribution in [3.8, 4) is 0 Å². The van der Waals surface area contributed by atoms with E-state index in [0.29, 0.717) is 5.92 Å². The van der Waals surface area contributed by atoms with Gasteiger partial charge in [0.15, 0.2) is 0 Å². The molecule has 0 bridgehead atoms. The molecule has 0 saturated heterocycles. The lowest BCUT2D eigenvalue weighted by Crippen LogP contribution is -2.35. The monoisotopic (exact) mass is 226 g/mol. The van der Waals surface area contributed by atoms with Crippen molar-refractivity contribution >= 4 is 11.3 Å². The van der Waals surface area contributed by atoms with Crippen LogP contribution in [0, 0.1) is 5.92 Å². The van der Waals surface area contributed by atoms with E-state index in [-0.39, 0.29) is 6.10 Å². The molecule has 2 rings (SSSR count). The molecule has 84 valence electrons. The van der Waals surface area contributed by atoms with Crippen LogP contribution in [0.5, 0.6) is 0 Å². The molecule has 1 saturated carbocycles. The fraction of sp³-hybridized carbons (Fsp3) is 0.727. The number of rotatable bonds is 5. The number of aliphatic hydroxyl groups is 1. The van der Waals surface area contributed by atoms with Crippen molar-refractivity contribution in [2.75, 3.05) is 6.54 Å². The Balaban J connectivity index is 1.65. The third-order valence-electron chi connectivity index (χ3n) is 2.85. The Morgan fingerprint density at radius 2 is 2.40 bits per heavy atom. The maximum atomic E-state index is 9.13. The Morgan fingerprint density at radius 3 is 3.00 bits per heavy atom. The first-order valence-electron chi connectivity index (χ1n) is 5.60. The second-order valence-electron chi connectivity index (χ2n) is 4.20. The molecule has 1 aromatic heterocycles. The molecule has 1 aliphatic carbocycles. The van der Waals surface area contributed by atoms with Crippen molar-refractivity contribution in [3.05, 3.63) is 16.1 Å². The van der Waals surface area contributed by atoms with Crippen LogP contribution in [-0.4, -0.2) is 22.7 Å². The Morgan fingerprint density at radius 1 is 1.60 bits per heavy atom. The van der Waals surface area contributed by atoms with E-state index in [4.69, 9.17) is 5.11 Å². The first-order valence-corrected chi connectivity index (χ1v) is 6.42. The molecule has 2 N–H and O–H groups in total. The number of aryl methyl sites for hydroxylation is 1. The molecule has 15 heavy (non-hydrogen) atoms. The van der Waals surface area contributed by atoms with Crippen molar-refractivity contribution in [3.63, 3.8) is 0 Å². The summed E-state index contributed by atoms with van der Waals surface area (Å²) in [4.78, 5) is 5.63. The average molecular weight is 226 g/mol. The van der Waals surface area contributed by atoms with Crippen molar-refractivity contribution in [1.82, 2.24) is 10.3 Å². The van der Waals surface area contributed by atoms with Crippen molar-refractivity contribution in [2.24, 2.45) is 5.92 Å². The van der Waals surface area contributed by atoms with Crippen molar-refractivity contribution < 1.29 is 5.11 Å². The predicted molar refractivity (Wildman–Crippen MR) is 61.9 cm³/mol. The SMILES string of the molecule is CCc1ncc(CNCC2CC(O)C2)s1. The minimum Gasteiger partial charge on any atom is -0.393 e. The minimum atomic E-state index is -0.0353. The molecule has 3 nitrogen and oxygen atoms in total. The Bertz CT molecular complexity index is 307. The van der Waals surface area contributed by atoms with E-state index >= 15 is 0 Å². The number of hydrogen-bond acceptors (Lipinski definition) is 4. The second kappa shape index (κ2) is 5.05. The number of nitrogens with zero attached hydrogens (tertiary/aromatic N) is 1. The zero-order valence-corrected chi connectivity index (χ0v) is 9.89. The van der Waals surface area contributed by atoms with Gasteiger partial charge in [-0.3, -0.25) is 0 Å². The summed E-state index contributed by atoms with van der Waals surface area (Å²) < 4.78 is 0. The summed E-state index contributed by atoms with van der Waals surface area (Å²) in [6.45, 7) is 4.08. The molecule has 1 aliphatic rings. The molecule has 0 radical (unpaired) electrons. The number of hydrogen-bond donors (Lipinski definition) is 2. The summed E-state index contributed by atoms with van der Waals surface area (Å²) in [5, 5.41) is 13.8. The maximum absolute atomic E-state index is 9.13. The van der Waals surface area contributed by atoms with Crippen LogP contribution < -0.4 is 5.32 Å². The highest BCUT2D eigenvalue weighted by molar-refractivity contribution is 7.11. The number of nitrogens with one attached hydrogen (secondary N) is 1. The Labute approximate surface area is 94.5 Å². The standard InChI is InChI=1S/C11H18N2OS/c1-2-11-13-7-10(15-11)6-12-5-8-3-9(14)4-8/h7-9,12,14H,2-6H2,1H3. The molecule has 4 heteroatoms. The molecule has 0 amide bonds. The van der Waals surface area contributed by atoms with E-state index < -0.39 is 0 Å². The molecule has 1 heterocycles. The van der Waals surface area contributed by atoms with Gasteiger partial charge in [0.25, 0.3) is 0 Å². The smallest absolute Gasteiger partial charge is 0.0925 e. The Hall–Kier alpha value is -0.450. The summed E-state index contributed by atoms with van der Waals surface area (Å²) in [5.41, 5.74) is 0. The molecule has 0 aliphatic heterocycles. The molecular weight excluding hydrogens is 208 g/mol. The first-order chi connectivity index (χ1) is 7.28. The summed E-state index contributed by atoms with van der Waals surface area (Å²) in [6, 6.07) is 0. The fourth-order valence-corrected chi connectivity index (χ4v) is 2.69. The van der Waals surface area contributed by atoms with E-state index in [1.54, 1.807) is 11.3 Å². The molecule has 1 fully saturated rings. The van der Waals surface area contributed by atoms with E-state index in [0.717, 1.165) is 32.4 Å². The highest BCUT2D eigenvalue weighted by atomic mass is 32.1. The van der Waals surface area contributed by atoms with Gasteiger partial charge in [0.2, 0.25) is 0 Å². The molecule has 0 unspecified atom stereocenters. The number of thiazole rings is 1. The van der Waals surface area contributed by atoms with Crippen LogP contribution in [-0.2, 0) is 13.0 Å². The van der Waals surface area contributed by atoms with E-state index in [1.807, 2.05) is 6.20 Å². The molecule has 0 aromatic carbocycles. The third-order valence-corrected chi connectivity index (χ3v) is 3.99. The molecule has 0 spiro atoms. The summed E-state index contributed by atoms with van der Waals surface area (Å²) in [5.74, 6) is 0.679. The first kappa shape index (κ1) is 11.0. The number of aliphatic hydroxyl groups excluding tert-OH is 1. The lowest BCUT2D eigenvalue weighted by molar-refractivity contribution is 0.0430. The van der Waals surface area contributed by atoms with E-state index in [1.165, 1.54) is 9.88 Å². The molecule has 1 aromatic rings. The average Bonchev–Trinajstić information content (AvgIpc) is 2.63. The molecule has 0 atom stereocenters. The predicted octanol–water partition coefficient (Wildman–Crippen LogP) is 1.57. The van der Waals surface area contributed by atoms with Gasteiger partial charge in [0.05, 0.1) is 11.1 Å². The van der Waals surface area contributed by atoms with E-state index in [2.05, 4.69) is 17.2 Å². The van der Waals surface area contributed by atoms with Crippen molar-refractivity contribution in [2.45, 2.75) is 38.8 Å². The zero-order valence-electron chi connectivity index (χ0n) is 9.07. The van der Waals surface area contributed by atoms with Crippen molar-refractivity contribution in [1.29, 1.82) is 0 Å². The van der Waals surface area contributed by atoms with Gasteiger partial charge in [-0.15, -0.1) is 11.3 Å². The second-order valence-corrected chi connectivity index (χ2v) is 5.40. The maximum Gasteiger partial charge on any atom is 0.0925 e. The third kappa shape index (κ3) is 3.00. The van der Waals surface area contributed by atoms with Crippen LogP contribution in [0.25, 0.3) is 0 Å². The van der Waals surface area contributed by atoms with Gasteiger partial charge in [0.1, 0.15) is 0 Å².